The second-order valence-corrected chi connectivity index (χ2v) is 7.54. The van der Waals surface area contributed by atoms with Gasteiger partial charge >= 0.3 is 0 Å². The molecule has 0 bridgehead atoms. The van der Waals surface area contributed by atoms with Crippen molar-refractivity contribution in [2.75, 3.05) is 6.54 Å². The van der Waals surface area contributed by atoms with E-state index in [0.29, 0.717) is 18.4 Å². The second kappa shape index (κ2) is 6.18. The van der Waals surface area contributed by atoms with E-state index < -0.39 is 5.92 Å². The molecule has 2 fully saturated rings. The molecular formula is C20H22FN3O3. The Balaban J connectivity index is 1.62. The number of imide groups is 1. The van der Waals surface area contributed by atoms with Crippen LogP contribution in [-0.4, -0.2) is 51.1 Å². The summed E-state index contributed by atoms with van der Waals surface area (Å²) in [6.45, 7) is 5.56. The van der Waals surface area contributed by atoms with Crippen molar-refractivity contribution in [2.24, 2.45) is 5.92 Å². The summed E-state index contributed by atoms with van der Waals surface area (Å²) < 4.78 is 13.7. The fraction of sp³-hybridized carbons (Fsp3) is 0.450. The minimum atomic E-state index is -0.396. The average molecular weight is 371 g/mol. The van der Waals surface area contributed by atoms with Gasteiger partial charge < -0.3 is 9.88 Å². The Morgan fingerprint density at radius 2 is 2.07 bits per heavy atom. The van der Waals surface area contributed by atoms with Crippen LogP contribution in [0.25, 0.3) is 10.9 Å². The molecule has 3 amide bonds. The number of H-pyrrole nitrogens is 1. The maximum atomic E-state index is 13.7. The third-order valence-corrected chi connectivity index (χ3v) is 5.96. The quantitative estimate of drug-likeness (QED) is 0.879. The highest BCUT2D eigenvalue weighted by molar-refractivity contribution is 5.99. The van der Waals surface area contributed by atoms with Crippen molar-refractivity contribution in [3.8, 4) is 0 Å². The van der Waals surface area contributed by atoms with Crippen molar-refractivity contribution < 1.29 is 18.8 Å². The van der Waals surface area contributed by atoms with Gasteiger partial charge in [0, 0.05) is 30.1 Å². The highest BCUT2D eigenvalue weighted by Crippen LogP contribution is 2.37. The van der Waals surface area contributed by atoms with Crippen LogP contribution in [0.3, 0.4) is 0 Å². The number of likely N-dealkylation sites (tertiary alicyclic amines) is 2. The number of nitrogens with zero attached hydrogens (tertiary/aromatic N) is 2. The van der Waals surface area contributed by atoms with E-state index in [-0.39, 0.29) is 42.0 Å². The molecule has 0 unspecified atom stereocenters. The van der Waals surface area contributed by atoms with E-state index in [9.17, 15) is 18.8 Å². The lowest BCUT2D eigenvalue weighted by atomic mass is 10.00. The molecule has 1 aromatic carbocycles. The second-order valence-electron chi connectivity index (χ2n) is 7.54. The summed E-state index contributed by atoms with van der Waals surface area (Å²) in [5.74, 6) is -1.31. The van der Waals surface area contributed by atoms with Crippen molar-refractivity contribution >= 4 is 28.6 Å². The molecule has 2 aliphatic heterocycles. The number of rotatable bonds is 2. The molecular weight excluding hydrogens is 349 g/mol. The largest absolute Gasteiger partial charge is 0.358 e. The van der Waals surface area contributed by atoms with Gasteiger partial charge in [-0.05, 0) is 37.1 Å². The van der Waals surface area contributed by atoms with E-state index in [2.05, 4.69) is 4.98 Å². The van der Waals surface area contributed by atoms with Crippen LogP contribution in [-0.2, 0) is 20.8 Å². The van der Waals surface area contributed by atoms with Crippen LogP contribution in [0.5, 0.6) is 0 Å². The Bertz CT molecular complexity index is 967. The van der Waals surface area contributed by atoms with Crippen LogP contribution in [0.1, 0.15) is 31.5 Å². The van der Waals surface area contributed by atoms with Crippen molar-refractivity contribution in [3.63, 3.8) is 0 Å². The number of aryl methyl sites for hydroxylation is 1. The molecule has 6 nitrogen and oxygen atoms in total. The number of nitrogens with one attached hydrogen (secondary N) is 1. The van der Waals surface area contributed by atoms with Gasteiger partial charge in [-0.25, -0.2) is 4.39 Å². The van der Waals surface area contributed by atoms with Gasteiger partial charge in [-0.15, -0.1) is 0 Å². The van der Waals surface area contributed by atoms with Gasteiger partial charge in [-0.2, -0.15) is 0 Å². The van der Waals surface area contributed by atoms with Crippen LogP contribution < -0.4 is 0 Å². The summed E-state index contributed by atoms with van der Waals surface area (Å²) in [4.78, 5) is 43.6. The molecule has 1 aromatic heterocycles. The van der Waals surface area contributed by atoms with Crippen LogP contribution in [0.2, 0.25) is 0 Å². The van der Waals surface area contributed by atoms with Crippen molar-refractivity contribution in [3.05, 3.63) is 35.3 Å². The van der Waals surface area contributed by atoms with E-state index >= 15 is 0 Å². The Morgan fingerprint density at radius 3 is 2.78 bits per heavy atom. The van der Waals surface area contributed by atoms with Gasteiger partial charge in [0.1, 0.15) is 5.82 Å². The number of carbonyl (C=O) groups excluding carboxylic acids is 3. The third-order valence-electron chi connectivity index (χ3n) is 5.96. The number of hydrogen-bond acceptors (Lipinski definition) is 3. The lowest BCUT2D eigenvalue weighted by Gasteiger charge is -2.26. The zero-order chi connectivity index (χ0) is 19.5. The van der Waals surface area contributed by atoms with E-state index in [1.807, 2.05) is 6.92 Å². The number of halogens is 1. The molecule has 142 valence electrons. The molecule has 0 saturated carbocycles. The Morgan fingerprint density at radius 1 is 1.33 bits per heavy atom. The first-order valence-electron chi connectivity index (χ1n) is 9.19. The normalized spacial score (nSPS) is 24.7. The molecule has 3 heterocycles. The summed E-state index contributed by atoms with van der Waals surface area (Å²) in [6, 6.07) is 3.97. The lowest BCUT2D eigenvalue weighted by molar-refractivity contribution is -0.143. The molecule has 27 heavy (non-hydrogen) atoms. The van der Waals surface area contributed by atoms with Gasteiger partial charge in [-0.3, -0.25) is 19.3 Å². The van der Waals surface area contributed by atoms with Crippen LogP contribution in [0, 0.1) is 18.7 Å². The molecule has 7 heteroatoms. The summed E-state index contributed by atoms with van der Waals surface area (Å²) in [7, 11) is 0. The predicted octanol–water partition coefficient (Wildman–Crippen LogP) is 2.15. The predicted molar refractivity (Wildman–Crippen MR) is 97.3 cm³/mol. The standard InChI is InChI=1S/C20H22FN3O3/c1-10-19-17(24(12(3)25)20(10)27)6-7-23(19)18(26)9-14-11(2)22-16-5-4-13(21)8-15(14)16/h4-5,8,10,17,19,22H,6-7,9H2,1-3H3/t10-,17-,19+/m1/s1. The zero-order valence-corrected chi connectivity index (χ0v) is 15.6. The third kappa shape index (κ3) is 2.64. The summed E-state index contributed by atoms with van der Waals surface area (Å²) in [6.07, 6.45) is 0.743. The smallest absolute Gasteiger partial charge is 0.234 e. The summed E-state index contributed by atoms with van der Waals surface area (Å²) in [5.41, 5.74) is 2.40. The molecule has 1 N–H and O–H groups in total. The van der Waals surface area contributed by atoms with E-state index in [1.54, 1.807) is 17.9 Å². The Kier molecular flexibility index (Phi) is 4.05. The van der Waals surface area contributed by atoms with Crippen molar-refractivity contribution in [2.45, 2.75) is 45.7 Å². The summed E-state index contributed by atoms with van der Waals surface area (Å²) in [5, 5.41) is 0.706. The Labute approximate surface area is 156 Å². The number of fused-ring (bicyclic) bond motifs is 2. The highest BCUT2D eigenvalue weighted by atomic mass is 19.1. The highest BCUT2D eigenvalue weighted by Gasteiger charge is 2.54. The number of aromatic nitrogens is 1. The van der Waals surface area contributed by atoms with E-state index in [0.717, 1.165) is 16.8 Å². The average Bonchev–Trinajstić information content (AvgIpc) is 3.23. The van der Waals surface area contributed by atoms with Crippen LogP contribution in [0.4, 0.5) is 4.39 Å². The SMILES string of the molecule is CC(=O)N1C(=O)[C@H](C)[C@H]2[C@H]1CCN2C(=O)Cc1c(C)[nH]c2ccc(F)cc12. The maximum Gasteiger partial charge on any atom is 0.234 e. The van der Waals surface area contributed by atoms with Crippen molar-refractivity contribution in [1.82, 2.24) is 14.8 Å². The number of hydrogen-bond donors (Lipinski definition) is 1. The van der Waals surface area contributed by atoms with Gasteiger partial charge in [0.25, 0.3) is 0 Å². The van der Waals surface area contributed by atoms with Gasteiger partial charge in [-0.1, -0.05) is 6.92 Å². The fourth-order valence-electron chi connectivity index (χ4n) is 4.73. The first-order valence-corrected chi connectivity index (χ1v) is 9.19. The van der Waals surface area contributed by atoms with Gasteiger partial charge in [0.2, 0.25) is 17.7 Å². The summed E-state index contributed by atoms with van der Waals surface area (Å²) >= 11 is 0. The first-order chi connectivity index (χ1) is 12.8. The Hall–Kier alpha value is -2.70. The monoisotopic (exact) mass is 371 g/mol. The number of carbonyl (C=O) groups is 3. The molecule has 2 aliphatic rings. The number of amides is 3. The molecule has 0 spiro atoms. The molecule has 0 aliphatic carbocycles. The van der Waals surface area contributed by atoms with Gasteiger partial charge in [0.15, 0.2) is 0 Å². The topological polar surface area (TPSA) is 73.5 Å². The minimum absolute atomic E-state index is 0.0965. The zero-order valence-electron chi connectivity index (χ0n) is 15.6. The molecule has 3 atom stereocenters. The first kappa shape index (κ1) is 17.7. The van der Waals surface area contributed by atoms with Gasteiger partial charge in [0.05, 0.1) is 24.4 Å². The molecule has 2 aromatic rings. The number of aromatic amines is 1. The molecule has 4 rings (SSSR count). The van der Waals surface area contributed by atoms with Crippen LogP contribution in [0.15, 0.2) is 18.2 Å². The molecule has 2 saturated heterocycles. The minimum Gasteiger partial charge on any atom is -0.358 e. The number of benzene rings is 1. The van der Waals surface area contributed by atoms with E-state index in [4.69, 9.17) is 0 Å². The lowest BCUT2D eigenvalue weighted by Crippen LogP contribution is -2.43. The van der Waals surface area contributed by atoms with Crippen LogP contribution >= 0.6 is 0 Å². The fourth-order valence-corrected chi connectivity index (χ4v) is 4.73. The van der Waals surface area contributed by atoms with E-state index in [1.165, 1.54) is 24.0 Å². The molecule has 0 radical (unpaired) electrons. The van der Waals surface area contributed by atoms with Crippen molar-refractivity contribution in [1.29, 1.82) is 0 Å². The maximum absolute atomic E-state index is 13.7.